The van der Waals surface area contributed by atoms with Crippen LogP contribution in [0, 0.1) is 12.3 Å². The van der Waals surface area contributed by atoms with E-state index in [9.17, 15) is 0 Å². The first-order chi connectivity index (χ1) is 13.9. The van der Waals surface area contributed by atoms with Gasteiger partial charge in [-0.3, -0.25) is 0 Å². The van der Waals surface area contributed by atoms with E-state index in [1.807, 2.05) is 12.1 Å². The second-order valence-electron chi connectivity index (χ2n) is 6.90. The molecule has 0 radical (unpaired) electrons. The second kappa shape index (κ2) is 6.72. The molecule has 0 atom stereocenters. The van der Waals surface area contributed by atoms with Crippen molar-refractivity contribution in [3.05, 3.63) is 109 Å². The Labute approximate surface area is 165 Å². The molecule has 0 aromatic heterocycles. The zero-order valence-corrected chi connectivity index (χ0v) is 15.4. The van der Waals surface area contributed by atoms with Gasteiger partial charge in [0.15, 0.2) is 0 Å². The third kappa shape index (κ3) is 2.49. The highest BCUT2D eigenvalue weighted by Crippen LogP contribution is 2.44. The molecule has 0 N–H and O–H groups in total. The van der Waals surface area contributed by atoms with Gasteiger partial charge >= 0.3 is 0 Å². The van der Waals surface area contributed by atoms with Crippen LogP contribution in [0.3, 0.4) is 0 Å². The molecule has 0 fully saturated rings. The highest BCUT2D eigenvalue weighted by atomic mass is 14.2. The summed E-state index contributed by atoms with van der Waals surface area (Å²) in [7, 11) is 0. The lowest BCUT2D eigenvalue weighted by molar-refractivity contribution is 1.64. The van der Waals surface area contributed by atoms with Crippen LogP contribution in [0.4, 0.5) is 0 Å². The summed E-state index contributed by atoms with van der Waals surface area (Å²) in [5.41, 5.74) is 5.77. The number of rotatable bonds is 2. The number of benzene rings is 5. The van der Waals surface area contributed by atoms with Gasteiger partial charge in [-0.1, -0.05) is 103 Å². The molecular formula is C28H18. The van der Waals surface area contributed by atoms with Gasteiger partial charge in [0.25, 0.3) is 0 Å². The minimum Gasteiger partial charge on any atom is -0.115 e. The Bertz CT molecular complexity index is 1340. The van der Waals surface area contributed by atoms with Crippen molar-refractivity contribution >= 4 is 21.5 Å². The molecule has 0 aliphatic rings. The highest BCUT2D eigenvalue weighted by molar-refractivity contribution is 6.22. The monoisotopic (exact) mass is 354 g/mol. The Balaban J connectivity index is 2.08. The van der Waals surface area contributed by atoms with Crippen molar-refractivity contribution in [3.63, 3.8) is 0 Å². The first kappa shape index (κ1) is 16.4. The van der Waals surface area contributed by atoms with Crippen molar-refractivity contribution in [3.8, 4) is 34.6 Å². The van der Waals surface area contributed by atoms with Crippen LogP contribution < -0.4 is 0 Å². The topological polar surface area (TPSA) is 0 Å². The second-order valence-corrected chi connectivity index (χ2v) is 6.90. The molecule has 0 bridgehead atoms. The van der Waals surface area contributed by atoms with E-state index in [1.165, 1.54) is 38.4 Å². The van der Waals surface area contributed by atoms with E-state index in [0.29, 0.717) is 0 Å². The standard InChI is InChI=1S/C28H18/c1-2-20-16-11-19-25-26(21-12-5-3-6-13-21)23-17-9-10-18-24(23)28(27(20)25)22-14-7-4-8-15-22/h1,3-19H. The molecule has 5 aromatic carbocycles. The summed E-state index contributed by atoms with van der Waals surface area (Å²) in [6, 6.07) is 36.1. The third-order valence-corrected chi connectivity index (χ3v) is 5.33. The zero-order chi connectivity index (χ0) is 18.9. The van der Waals surface area contributed by atoms with Crippen LogP contribution in [0.2, 0.25) is 0 Å². The Morgan fingerprint density at radius 3 is 1.57 bits per heavy atom. The van der Waals surface area contributed by atoms with E-state index in [-0.39, 0.29) is 0 Å². The van der Waals surface area contributed by atoms with Crippen molar-refractivity contribution in [2.75, 3.05) is 0 Å². The first-order valence-electron chi connectivity index (χ1n) is 9.43. The normalized spacial score (nSPS) is 10.8. The summed E-state index contributed by atoms with van der Waals surface area (Å²) in [5, 5.41) is 4.81. The van der Waals surface area contributed by atoms with Crippen LogP contribution in [-0.4, -0.2) is 0 Å². The average molecular weight is 354 g/mol. The molecule has 0 nitrogen and oxygen atoms in total. The first-order valence-corrected chi connectivity index (χ1v) is 9.43. The average Bonchev–Trinajstić information content (AvgIpc) is 2.78. The van der Waals surface area contributed by atoms with Crippen LogP contribution in [0.5, 0.6) is 0 Å². The molecule has 0 saturated heterocycles. The van der Waals surface area contributed by atoms with Gasteiger partial charge in [0.1, 0.15) is 0 Å². The van der Waals surface area contributed by atoms with Gasteiger partial charge in [0.05, 0.1) is 0 Å². The van der Waals surface area contributed by atoms with E-state index in [1.54, 1.807) is 0 Å². The largest absolute Gasteiger partial charge is 0.115 e. The quantitative estimate of drug-likeness (QED) is 0.230. The molecule has 0 heterocycles. The van der Waals surface area contributed by atoms with Gasteiger partial charge in [0.2, 0.25) is 0 Å². The van der Waals surface area contributed by atoms with Gasteiger partial charge in [0, 0.05) is 10.9 Å². The van der Waals surface area contributed by atoms with Crippen LogP contribution >= 0.6 is 0 Å². The number of hydrogen-bond donors (Lipinski definition) is 0. The Morgan fingerprint density at radius 1 is 0.464 bits per heavy atom. The number of fused-ring (bicyclic) bond motifs is 2. The van der Waals surface area contributed by atoms with E-state index in [0.717, 1.165) is 10.9 Å². The fraction of sp³-hybridized carbons (Fsp3) is 0. The molecule has 0 spiro atoms. The number of terminal acetylenes is 1. The molecule has 0 saturated carbocycles. The fourth-order valence-corrected chi connectivity index (χ4v) is 4.17. The van der Waals surface area contributed by atoms with Crippen LogP contribution in [0.25, 0.3) is 43.8 Å². The van der Waals surface area contributed by atoms with E-state index < -0.39 is 0 Å². The van der Waals surface area contributed by atoms with Crippen molar-refractivity contribution in [2.45, 2.75) is 0 Å². The lowest BCUT2D eigenvalue weighted by Crippen LogP contribution is -1.92. The van der Waals surface area contributed by atoms with Gasteiger partial charge in [-0.25, -0.2) is 0 Å². The molecule has 0 amide bonds. The maximum absolute atomic E-state index is 5.95. The Morgan fingerprint density at radius 2 is 0.964 bits per heavy atom. The summed E-state index contributed by atoms with van der Waals surface area (Å²) in [6.45, 7) is 0. The predicted octanol–water partition coefficient (Wildman–Crippen LogP) is 7.31. The molecule has 28 heavy (non-hydrogen) atoms. The molecule has 0 heteroatoms. The zero-order valence-electron chi connectivity index (χ0n) is 15.4. The van der Waals surface area contributed by atoms with Crippen LogP contribution in [0.15, 0.2) is 103 Å². The smallest absolute Gasteiger partial charge is 0.0327 e. The molecule has 0 aliphatic heterocycles. The van der Waals surface area contributed by atoms with Crippen molar-refractivity contribution in [1.82, 2.24) is 0 Å². The third-order valence-electron chi connectivity index (χ3n) is 5.33. The summed E-state index contributed by atoms with van der Waals surface area (Å²) < 4.78 is 0. The maximum Gasteiger partial charge on any atom is 0.0327 e. The molecular weight excluding hydrogens is 336 g/mol. The van der Waals surface area contributed by atoms with Crippen LogP contribution in [-0.2, 0) is 0 Å². The van der Waals surface area contributed by atoms with Gasteiger partial charge in [-0.05, 0) is 44.5 Å². The van der Waals surface area contributed by atoms with Gasteiger partial charge in [-0.15, -0.1) is 6.42 Å². The Hall–Kier alpha value is -3.82. The van der Waals surface area contributed by atoms with Gasteiger partial charge < -0.3 is 0 Å². The summed E-state index contributed by atoms with van der Waals surface area (Å²) in [4.78, 5) is 0. The van der Waals surface area contributed by atoms with Gasteiger partial charge in [-0.2, -0.15) is 0 Å². The SMILES string of the molecule is C#Cc1cccc2c(-c3ccccc3)c3ccccc3c(-c3ccccc3)c12. The fourth-order valence-electron chi connectivity index (χ4n) is 4.17. The molecule has 130 valence electrons. The molecule has 0 aliphatic carbocycles. The minimum atomic E-state index is 0.930. The number of hydrogen-bond acceptors (Lipinski definition) is 0. The van der Waals surface area contributed by atoms with Crippen molar-refractivity contribution < 1.29 is 0 Å². The van der Waals surface area contributed by atoms with Crippen molar-refractivity contribution in [2.24, 2.45) is 0 Å². The minimum absolute atomic E-state index is 0.930. The molecule has 5 rings (SSSR count). The van der Waals surface area contributed by atoms with E-state index >= 15 is 0 Å². The lowest BCUT2D eigenvalue weighted by Gasteiger charge is -2.18. The highest BCUT2D eigenvalue weighted by Gasteiger charge is 2.17. The lowest BCUT2D eigenvalue weighted by atomic mass is 9.84. The Kier molecular flexibility index (Phi) is 3.93. The van der Waals surface area contributed by atoms with Crippen molar-refractivity contribution in [1.29, 1.82) is 0 Å². The predicted molar refractivity (Wildman–Crippen MR) is 120 cm³/mol. The van der Waals surface area contributed by atoms with E-state index in [4.69, 9.17) is 6.42 Å². The van der Waals surface area contributed by atoms with E-state index in [2.05, 4.69) is 96.9 Å². The molecule has 5 aromatic rings. The summed E-state index contributed by atoms with van der Waals surface area (Å²) in [5.74, 6) is 2.92. The summed E-state index contributed by atoms with van der Waals surface area (Å²) >= 11 is 0. The van der Waals surface area contributed by atoms with Crippen LogP contribution in [0.1, 0.15) is 5.56 Å². The summed E-state index contributed by atoms with van der Waals surface area (Å²) in [6.07, 6.45) is 5.95. The maximum atomic E-state index is 5.95. The molecule has 0 unspecified atom stereocenters.